The van der Waals surface area contributed by atoms with E-state index in [0.29, 0.717) is 6.42 Å². The Kier molecular flexibility index (Phi) is 12.4. The summed E-state index contributed by atoms with van der Waals surface area (Å²) in [7, 11) is 0. The molecule has 2 amide bonds. The van der Waals surface area contributed by atoms with Gasteiger partial charge in [-0.15, -0.1) is 11.6 Å². The number of nitrogens with one attached hydrogen (secondary N) is 3. The highest BCUT2D eigenvalue weighted by Crippen LogP contribution is 2.20. The number of hydrogen-bond acceptors (Lipinski definition) is 6. The van der Waals surface area contributed by atoms with Gasteiger partial charge in [0.15, 0.2) is 0 Å². The Morgan fingerprint density at radius 1 is 1.00 bits per heavy atom. The molecule has 4 atom stereocenters. The smallest absolute Gasteiger partial charge is 0.323 e. The van der Waals surface area contributed by atoms with E-state index < -0.39 is 53.0 Å². The summed E-state index contributed by atoms with van der Waals surface area (Å²) < 4.78 is 5.53. The standard InChI is InChI=1S/C27H44ClN3O5/c1-17(2)22(25(35)36-27(6,7)8)29-16-20(32)19(14-18-12-10-9-11-13-18)30-24(34)23(26(3,4)5)31-21(33)15-28/h9-13,17,19-20,22-23,29,32H,14-16H2,1-8H3,(H,30,34)(H,31,33)/t19-,20+,22?,23+/m0/s1. The van der Waals surface area contributed by atoms with Crippen molar-refractivity contribution >= 4 is 29.4 Å². The summed E-state index contributed by atoms with van der Waals surface area (Å²) in [6.07, 6.45) is -0.670. The first-order chi connectivity index (χ1) is 16.5. The van der Waals surface area contributed by atoms with E-state index in [4.69, 9.17) is 16.3 Å². The molecule has 1 aromatic rings. The molecule has 0 radical (unpaired) electrons. The van der Waals surface area contributed by atoms with E-state index in [2.05, 4.69) is 16.0 Å². The molecule has 204 valence electrons. The van der Waals surface area contributed by atoms with Gasteiger partial charge in [0.2, 0.25) is 11.8 Å². The van der Waals surface area contributed by atoms with Gasteiger partial charge in [-0.3, -0.25) is 14.4 Å². The Labute approximate surface area is 220 Å². The van der Waals surface area contributed by atoms with Crippen LogP contribution in [-0.4, -0.2) is 65.1 Å². The lowest BCUT2D eigenvalue weighted by Gasteiger charge is -2.33. The van der Waals surface area contributed by atoms with Gasteiger partial charge in [0.05, 0.1) is 12.1 Å². The Morgan fingerprint density at radius 2 is 1.58 bits per heavy atom. The fourth-order valence-corrected chi connectivity index (χ4v) is 3.72. The molecule has 0 aliphatic carbocycles. The number of carbonyl (C=O) groups excluding carboxylic acids is 3. The highest BCUT2D eigenvalue weighted by molar-refractivity contribution is 6.27. The molecule has 8 nitrogen and oxygen atoms in total. The van der Waals surface area contributed by atoms with Crippen molar-refractivity contribution in [2.45, 2.75) is 91.6 Å². The lowest BCUT2D eigenvalue weighted by molar-refractivity contribution is -0.159. The summed E-state index contributed by atoms with van der Waals surface area (Å²) in [5.41, 5.74) is -0.304. The molecule has 1 rings (SSSR count). The highest BCUT2D eigenvalue weighted by atomic mass is 35.5. The van der Waals surface area contributed by atoms with Crippen LogP contribution >= 0.6 is 11.6 Å². The monoisotopic (exact) mass is 525 g/mol. The maximum atomic E-state index is 13.3. The second kappa shape index (κ2) is 14.0. The molecule has 0 heterocycles. The van der Waals surface area contributed by atoms with Gasteiger partial charge in [-0.05, 0) is 44.1 Å². The second-order valence-electron chi connectivity index (χ2n) is 11.5. The number of amides is 2. The number of ether oxygens (including phenoxy) is 1. The summed E-state index contributed by atoms with van der Waals surface area (Å²) >= 11 is 5.65. The summed E-state index contributed by atoms with van der Waals surface area (Å²) in [4.78, 5) is 37.9. The van der Waals surface area contributed by atoms with E-state index in [1.807, 2.05) is 65.0 Å². The first-order valence-electron chi connectivity index (χ1n) is 12.4. The zero-order valence-electron chi connectivity index (χ0n) is 22.9. The van der Waals surface area contributed by atoms with Gasteiger partial charge in [-0.25, -0.2) is 0 Å². The summed E-state index contributed by atoms with van der Waals surface area (Å²) in [6.45, 7) is 14.8. The van der Waals surface area contributed by atoms with Gasteiger partial charge >= 0.3 is 5.97 Å². The predicted molar refractivity (Wildman–Crippen MR) is 143 cm³/mol. The molecule has 0 aliphatic heterocycles. The fourth-order valence-electron chi connectivity index (χ4n) is 3.64. The van der Waals surface area contributed by atoms with Crippen LogP contribution in [-0.2, 0) is 25.5 Å². The van der Waals surface area contributed by atoms with Crippen LogP contribution < -0.4 is 16.0 Å². The normalized spacial score (nSPS) is 15.5. The Balaban J connectivity index is 3.09. The molecule has 1 unspecified atom stereocenters. The van der Waals surface area contributed by atoms with Crippen molar-refractivity contribution in [3.63, 3.8) is 0 Å². The molecule has 1 aromatic carbocycles. The number of hydrogen-bond donors (Lipinski definition) is 4. The number of benzene rings is 1. The van der Waals surface area contributed by atoms with Crippen molar-refractivity contribution in [3.8, 4) is 0 Å². The minimum absolute atomic E-state index is 0.0497. The van der Waals surface area contributed by atoms with E-state index in [-0.39, 0.29) is 18.3 Å². The quantitative estimate of drug-likeness (QED) is 0.246. The van der Waals surface area contributed by atoms with E-state index in [9.17, 15) is 19.5 Å². The predicted octanol–water partition coefficient (Wildman–Crippen LogP) is 2.80. The molecule has 9 heteroatoms. The topological polar surface area (TPSA) is 117 Å². The maximum Gasteiger partial charge on any atom is 0.323 e. The Bertz CT molecular complexity index is 849. The summed E-state index contributed by atoms with van der Waals surface area (Å²) in [5, 5.41) is 19.9. The minimum Gasteiger partial charge on any atom is -0.459 e. The summed E-state index contributed by atoms with van der Waals surface area (Å²) in [5.74, 6) is -1.62. The first-order valence-corrected chi connectivity index (χ1v) is 12.9. The average molecular weight is 526 g/mol. The van der Waals surface area contributed by atoms with Crippen molar-refractivity contribution in [2.24, 2.45) is 11.3 Å². The first kappa shape index (κ1) is 31.9. The van der Waals surface area contributed by atoms with Crippen LogP contribution in [0.1, 0.15) is 61.0 Å². The molecule has 0 fully saturated rings. The second-order valence-corrected chi connectivity index (χ2v) is 11.8. The van der Waals surface area contributed by atoms with E-state index >= 15 is 0 Å². The van der Waals surface area contributed by atoms with Crippen molar-refractivity contribution < 1.29 is 24.2 Å². The SMILES string of the molecule is CC(C)C(NC[C@@H](O)[C@H](Cc1ccccc1)NC(=O)[C@@H](NC(=O)CCl)C(C)(C)C)C(=O)OC(C)(C)C. The number of aliphatic hydroxyl groups excluding tert-OH is 1. The molecule has 0 saturated carbocycles. The molecule has 0 spiro atoms. The molecule has 0 saturated heterocycles. The van der Waals surface area contributed by atoms with Crippen LogP contribution in [0.25, 0.3) is 0 Å². The molecule has 0 aliphatic rings. The van der Waals surface area contributed by atoms with Gasteiger partial charge in [0.1, 0.15) is 23.6 Å². The van der Waals surface area contributed by atoms with Crippen molar-refractivity contribution in [2.75, 3.05) is 12.4 Å². The van der Waals surface area contributed by atoms with Gasteiger partial charge in [-0.2, -0.15) is 0 Å². The zero-order valence-corrected chi connectivity index (χ0v) is 23.6. The number of carbonyl (C=O) groups is 3. The maximum absolute atomic E-state index is 13.3. The molecule has 0 aromatic heterocycles. The number of alkyl halides is 1. The largest absolute Gasteiger partial charge is 0.459 e. The van der Waals surface area contributed by atoms with Gasteiger partial charge < -0.3 is 25.8 Å². The fraction of sp³-hybridized carbons (Fsp3) is 0.667. The Hall–Kier alpha value is -2.16. The lowest BCUT2D eigenvalue weighted by atomic mass is 9.85. The number of rotatable bonds is 12. The van der Waals surface area contributed by atoms with Gasteiger partial charge in [0.25, 0.3) is 0 Å². The summed E-state index contributed by atoms with van der Waals surface area (Å²) in [6, 6.07) is 7.31. The zero-order chi connectivity index (χ0) is 27.7. The number of halogens is 1. The lowest BCUT2D eigenvalue weighted by Crippen LogP contribution is -2.59. The minimum atomic E-state index is -1.03. The van der Waals surface area contributed by atoms with Crippen LogP contribution in [0.2, 0.25) is 0 Å². The molecule has 0 bridgehead atoms. The van der Waals surface area contributed by atoms with E-state index in [1.165, 1.54) is 0 Å². The van der Waals surface area contributed by atoms with Crippen molar-refractivity contribution in [1.82, 2.24) is 16.0 Å². The number of aliphatic hydroxyl groups is 1. The third-order valence-corrected chi connectivity index (χ3v) is 5.76. The average Bonchev–Trinajstić information content (AvgIpc) is 2.75. The van der Waals surface area contributed by atoms with Crippen LogP contribution in [0, 0.1) is 11.3 Å². The molecular weight excluding hydrogens is 482 g/mol. The van der Waals surface area contributed by atoms with Crippen molar-refractivity contribution in [1.29, 1.82) is 0 Å². The van der Waals surface area contributed by atoms with Crippen LogP contribution in [0.5, 0.6) is 0 Å². The third-order valence-electron chi connectivity index (χ3n) is 5.52. The van der Waals surface area contributed by atoms with Gasteiger partial charge in [0, 0.05) is 6.54 Å². The van der Waals surface area contributed by atoms with Crippen LogP contribution in [0.15, 0.2) is 30.3 Å². The number of esters is 1. The van der Waals surface area contributed by atoms with E-state index in [1.54, 1.807) is 20.8 Å². The van der Waals surface area contributed by atoms with Crippen LogP contribution in [0.4, 0.5) is 0 Å². The molecule has 4 N–H and O–H groups in total. The van der Waals surface area contributed by atoms with Gasteiger partial charge in [-0.1, -0.05) is 65.0 Å². The molecule has 36 heavy (non-hydrogen) atoms. The third kappa shape index (κ3) is 11.3. The van der Waals surface area contributed by atoms with Crippen LogP contribution in [0.3, 0.4) is 0 Å². The molecular formula is C27H44ClN3O5. The highest BCUT2D eigenvalue weighted by Gasteiger charge is 2.35. The van der Waals surface area contributed by atoms with E-state index in [0.717, 1.165) is 5.56 Å². The Morgan fingerprint density at radius 3 is 2.06 bits per heavy atom. The van der Waals surface area contributed by atoms with Crippen molar-refractivity contribution in [3.05, 3.63) is 35.9 Å².